The highest BCUT2D eigenvalue weighted by molar-refractivity contribution is 6.32. The van der Waals surface area contributed by atoms with Crippen molar-refractivity contribution in [1.82, 2.24) is 15.2 Å². The molecule has 4 rings (SSSR count). The first-order valence-corrected chi connectivity index (χ1v) is 14.7. The van der Waals surface area contributed by atoms with Gasteiger partial charge in [0, 0.05) is 33.2 Å². The van der Waals surface area contributed by atoms with Crippen LogP contribution in [-0.4, -0.2) is 67.7 Å². The molecule has 224 valence electrons. The normalized spacial score (nSPS) is 17.8. The largest absolute Gasteiger partial charge is 0.494 e. The van der Waals surface area contributed by atoms with Crippen LogP contribution >= 0.6 is 11.6 Å². The third-order valence-corrected chi connectivity index (χ3v) is 8.52. The molecule has 2 aliphatic heterocycles. The average Bonchev–Trinajstić information content (AvgIpc) is 2.96. The van der Waals surface area contributed by atoms with Crippen molar-refractivity contribution in [2.45, 2.75) is 57.5 Å². The van der Waals surface area contributed by atoms with Gasteiger partial charge in [-0.1, -0.05) is 36.6 Å². The summed E-state index contributed by atoms with van der Waals surface area (Å²) < 4.78 is 47.5. The number of alkyl halides is 3. The zero-order chi connectivity index (χ0) is 29.6. The van der Waals surface area contributed by atoms with Gasteiger partial charge in [0.05, 0.1) is 12.2 Å². The standard InChI is InChI=1S/C30H38ClF3N4O3/c1-3-41-23-6-4-5-22(19-23)26(30(32,33)34)29(40)38-17-13-21(14-18-38)8-7-20-11-15-37(16-12-20)25-10-9-24(27(31)36-25)28(39)35-2/h4-6,9-10,19-21,26H,3,7-8,11-18H2,1-2H3,(H,35,39)/t26-/m0/s1. The van der Waals surface area contributed by atoms with Gasteiger partial charge in [0.1, 0.15) is 16.7 Å². The molecular formula is C30H38ClF3N4O3. The van der Waals surface area contributed by atoms with Crippen LogP contribution in [0.2, 0.25) is 5.15 Å². The number of likely N-dealkylation sites (tertiary alicyclic amines) is 1. The Labute approximate surface area is 244 Å². The van der Waals surface area contributed by atoms with Crippen LogP contribution in [0.1, 0.15) is 67.3 Å². The van der Waals surface area contributed by atoms with Crippen molar-refractivity contribution < 1.29 is 27.5 Å². The van der Waals surface area contributed by atoms with E-state index in [9.17, 15) is 22.8 Å². The van der Waals surface area contributed by atoms with Gasteiger partial charge in [-0.25, -0.2) is 4.98 Å². The van der Waals surface area contributed by atoms with Crippen molar-refractivity contribution in [2.75, 3.05) is 44.7 Å². The highest BCUT2D eigenvalue weighted by Gasteiger charge is 2.48. The van der Waals surface area contributed by atoms with Crippen LogP contribution in [0.4, 0.5) is 19.0 Å². The summed E-state index contributed by atoms with van der Waals surface area (Å²) in [6.07, 6.45) is 0.856. The number of halogens is 4. The Balaban J connectivity index is 1.24. The Hall–Kier alpha value is -3.01. The summed E-state index contributed by atoms with van der Waals surface area (Å²) >= 11 is 6.22. The molecule has 2 amide bonds. The van der Waals surface area contributed by atoms with E-state index in [2.05, 4.69) is 15.2 Å². The fourth-order valence-electron chi connectivity index (χ4n) is 5.87. The van der Waals surface area contributed by atoms with Crippen molar-refractivity contribution in [3.8, 4) is 5.75 Å². The first-order chi connectivity index (χ1) is 19.6. The monoisotopic (exact) mass is 594 g/mol. The molecule has 7 nitrogen and oxygen atoms in total. The maximum atomic E-state index is 14.0. The van der Waals surface area contributed by atoms with Crippen molar-refractivity contribution >= 4 is 29.2 Å². The topological polar surface area (TPSA) is 74.8 Å². The third kappa shape index (κ3) is 7.84. The zero-order valence-electron chi connectivity index (χ0n) is 23.6. The lowest BCUT2D eigenvalue weighted by atomic mass is 9.85. The highest BCUT2D eigenvalue weighted by Crippen LogP contribution is 2.39. The number of aromatic nitrogens is 1. The van der Waals surface area contributed by atoms with E-state index in [1.807, 2.05) is 6.07 Å². The number of rotatable bonds is 9. The van der Waals surface area contributed by atoms with Crippen LogP contribution in [0, 0.1) is 11.8 Å². The number of anilines is 1. The van der Waals surface area contributed by atoms with Gasteiger partial charge < -0.3 is 19.9 Å². The average molecular weight is 595 g/mol. The van der Waals surface area contributed by atoms with Crippen LogP contribution < -0.4 is 15.0 Å². The molecule has 1 N–H and O–H groups in total. The summed E-state index contributed by atoms with van der Waals surface area (Å²) in [4.78, 5) is 32.9. The summed E-state index contributed by atoms with van der Waals surface area (Å²) in [6.45, 7) is 4.49. The van der Waals surface area contributed by atoms with Crippen LogP contribution in [0.15, 0.2) is 36.4 Å². The van der Waals surface area contributed by atoms with E-state index in [4.69, 9.17) is 16.3 Å². The molecule has 0 aliphatic carbocycles. The van der Waals surface area contributed by atoms with E-state index in [1.54, 1.807) is 26.1 Å². The molecule has 2 fully saturated rings. The molecule has 2 aromatic rings. The van der Waals surface area contributed by atoms with Crippen molar-refractivity contribution in [3.05, 3.63) is 52.7 Å². The fraction of sp³-hybridized carbons (Fsp3) is 0.567. The molecular weight excluding hydrogens is 557 g/mol. The minimum atomic E-state index is -4.68. The van der Waals surface area contributed by atoms with Crippen molar-refractivity contribution in [3.63, 3.8) is 0 Å². The number of hydrogen-bond acceptors (Lipinski definition) is 5. The molecule has 41 heavy (non-hydrogen) atoms. The summed E-state index contributed by atoms with van der Waals surface area (Å²) in [6, 6.07) is 9.28. The van der Waals surface area contributed by atoms with Crippen LogP contribution in [0.5, 0.6) is 5.75 Å². The van der Waals surface area contributed by atoms with Gasteiger partial charge >= 0.3 is 6.18 Å². The van der Waals surface area contributed by atoms with Crippen LogP contribution in [-0.2, 0) is 4.79 Å². The minimum absolute atomic E-state index is 0.0817. The van der Waals surface area contributed by atoms with Gasteiger partial charge in [0.2, 0.25) is 5.91 Å². The van der Waals surface area contributed by atoms with Crippen molar-refractivity contribution in [2.24, 2.45) is 11.8 Å². The predicted molar refractivity (Wildman–Crippen MR) is 153 cm³/mol. The molecule has 0 spiro atoms. The number of benzene rings is 1. The lowest BCUT2D eigenvalue weighted by Crippen LogP contribution is -2.45. The number of carbonyl (C=O) groups is 2. The van der Waals surface area contributed by atoms with Gasteiger partial charge in [0.25, 0.3) is 5.91 Å². The second kappa shape index (κ2) is 13.8. The van der Waals surface area contributed by atoms with E-state index >= 15 is 0 Å². The highest BCUT2D eigenvalue weighted by atomic mass is 35.5. The SMILES string of the molecule is CCOc1cccc([C@@H](C(=O)N2CCC(CCC3CCN(c4ccc(C(=O)NC)c(Cl)n4)CC3)CC2)C(F)(F)F)c1. The van der Waals surface area contributed by atoms with Gasteiger partial charge in [-0.3, -0.25) is 9.59 Å². The summed E-state index contributed by atoms with van der Waals surface area (Å²) in [5.41, 5.74) is 0.270. The van der Waals surface area contributed by atoms with E-state index in [0.717, 1.165) is 44.6 Å². The molecule has 3 heterocycles. The lowest BCUT2D eigenvalue weighted by molar-refractivity contribution is -0.173. The minimum Gasteiger partial charge on any atom is -0.494 e. The third-order valence-electron chi connectivity index (χ3n) is 8.23. The van der Waals surface area contributed by atoms with Crippen LogP contribution in [0.25, 0.3) is 0 Å². The first kappa shape index (κ1) is 30.9. The van der Waals surface area contributed by atoms with Gasteiger partial charge in [-0.2, -0.15) is 13.2 Å². The van der Waals surface area contributed by atoms with Crippen LogP contribution in [0.3, 0.4) is 0 Å². The van der Waals surface area contributed by atoms with E-state index in [-0.39, 0.29) is 16.6 Å². The molecule has 1 atom stereocenters. The van der Waals surface area contributed by atoms with E-state index < -0.39 is 18.0 Å². The summed E-state index contributed by atoms with van der Waals surface area (Å²) in [5.74, 6) is -1.27. The number of pyridine rings is 1. The second-order valence-electron chi connectivity index (χ2n) is 10.8. The Morgan fingerprint density at radius 1 is 1.05 bits per heavy atom. The van der Waals surface area contributed by atoms with Crippen molar-refractivity contribution in [1.29, 1.82) is 0 Å². The Kier molecular flexibility index (Phi) is 10.4. The number of nitrogens with zero attached hydrogens (tertiary/aromatic N) is 3. The molecule has 1 aromatic heterocycles. The molecule has 1 aromatic carbocycles. The molecule has 2 aliphatic rings. The van der Waals surface area contributed by atoms with Gasteiger partial charge in [0.15, 0.2) is 5.92 Å². The lowest BCUT2D eigenvalue weighted by Gasteiger charge is -2.36. The Morgan fingerprint density at radius 3 is 2.24 bits per heavy atom. The zero-order valence-corrected chi connectivity index (χ0v) is 24.3. The van der Waals surface area contributed by atoms with Gasteiger partial charge in [-0.05, 0) is 74.3 Å². The molecule has 2 saturated heterocycles. The predicted octanol–water partition coefficient (Wildman–Crippen LogP) is 6.07. The quantitative estimate of drug-likeness (QED) is 0.357. The number of ether oxygens (including phenoxy) is 1. The molecule has 0 unspecified atom stereocenters. The smallest absolute Gasteiger partial charge is 0.404 e. The molecule has 0 radical (unpaired) electrons. The molecule has 11 heteroatoms. The second-order valence-corrected chi connectivity index (χ2v) is 11.2. The molecule has 0 saturated carbocycles. The van der Waals surface area contributed by atoms with E-state index in [1.165, 1.54) is 23.1 Å². The summed E-state index contributed by atoms with van der Waals surface area (Å²) in [7, 11) is 1.55. The molecule has 0 bridgehead atoms. The number of nitrogens with one attached hydrogen (secondary N) is 1. The number of amides is 2. The van der Waals surface area contributed by atoms with E-state index in [0.29, 0.717) is 55.7 Å². The Morgan fingerprint density at radius 2 is 1.68 bits per heavy atom. The number of hydrogen-bond donors (Lipinski definition) is 1. The number of piperidine rings is 2. The Bertz CT molecular complexity index is 1200. The maximum absolute atomic E-state index is 14.0. The van der Waals surface area contributed by atoms with Gasteiger partial charge in [-0.15, -0.1) is 0 Å². The first-order valence-electron chi connectivity index (χ1n) is 14.3. The number of carbonyl (C=O) groups excluding carboxylic acids is 2. The fourth-order valence-corrected chi connectivity index (χ4v) is 6.11. The summed E-state index contributed by atoms with van der Waals surface area (Å²) in [5, 5.41) is 2.74. The maximum Gasteiger partial charge on any atom is 0.404 e.